The second-order valence-corrected chi connectivity index (χ2v) is 6.33. The van der Waals surface area contributed by atoms with Gasteiger partial charge in [0.05, 0.1) is 6.61 Å². The predicted octanol–water partition coefficient (Wildman–Crippen LogP) is 3.17. The number of hydrogen-bond acceptors (Lipinski definition) is 3. The fraction of sp³-hybridized carbons (Fsp3) is 0.933. The Hall–Kier alpha value is -0.570. The molecule has 0 radical (unpaired) electrons. The van der Waals surface area contributed by atoms with Crippen molar-refractivity contribution >= 4 is 5.97 Å². The van der Waals surface area contributed by atoms with Crippen molar-refractivity contribution in [3.63, 3.8) is 0 Å². The van der Waals surface area contributed by atoms with Gasteiger partial charge in [0.15, 0.2) is 0 Å². The van der Waals surface area contributed by atoms with Crippen molar-refractivity contribution in [2.45, 2.75) is 51.9 Å². The van der Waals surface area contributed by atoms with E-state index >= 15 is 0 Å². The number of hydrogen-bond donors (Lipinski definition) is 0. The molecule has 3 atom stereocenters. The topological polar surface area (TPSA) is 35.5 Å². The molecule has 0 amide bonds. The fourth-order valence-corrected chi connectivity index (χ4v) is 4.09. The maximum Gasteiger partial charge on any atom is 0.302 e. The highest BCUT2D eigenvalue weighted by atomic mass is 16.5. The van der Waals surface area contributed by atoms with E-state index in [9.17, 15) is 4.79 Å². The highest BCUT2D eigenvalue weighted by Crippen LogP contribution is 2.51. The summed E-state index contributed by atoms with van der Waals surface area (Å²) in [5.41, 5.74) is 0.283. The summed E-state index contributed by atoms with van der Waals surface area (Å²) in [5.74, 6) is 1.48. The van der Waals surface area contributed by atoms with Gasteiger partial charge < -0.3 is 9.47 Å². The van der Waals surface area contributed by atoms with Gasteiger partial charge in [-0.3, -0.25) is 4.79 Å². The molecule has 2 aliphatic rings. The summed E-state index contributed by atoms with van der Waals surface area (Å²) in [5, 5.41) is 0. The number of carbonyl (C=O) groups excluding carboxylic acids is 1. The first-order valence-corrected chi connectivity index (χ1v) is 7.26. The van der Waals surface area contributed by atoms with Gasteiger partial charge in [-0.05, 0) is 43.9 Å². The maximum absolute atomic E-state index is 11.1. The van der Waals surface area contributed by atoms with Crippen molar-refractivity contribution in [1.29, 1.82) is 0 Å². The Labute approximate surface area is 110 Å². The lowest BCUT2D eigenvalue weighted by Crippen LogP contribution is -2.40. The first-order valence-electron chi connectivity index (χ1n) is 7.26. The molecule has 2 aliphatic carbocycles. The van der Waals surface area contributed by atoms with Crippen LogP contribution in [0, 0.1) is 17.3 Å². The third-order valence-corrected chi connectivity index (χ3v) is 4.74. The van der Waals surface area contributed by atoms with E-state index < -0.39 is 0 Å². The Kier molecular flexibility index (Phi) is 4.66. The first-order chi connectivity index (χ1) is 8.63. The minimum absolute atomic E-state index is 0.134. The fourth-order valence-electron chi connectivity index (χ4n) is 4.09. The molecule has 0 heterocycles. The third-order valence-electron chi connectivity index (χ3n) is 4.74. The molecule has 104 valence electrons. The van der Waals surface area contributed by atoms with E-state index in [4.69, 9.17) is 9.47 Å². The van der Waals surface area contributed by atoms with Crippen LogP contribution in [-0.2, 0) is 14.3 Å². The van der Waals surface area contributed by atoms with Gasteiger partial charge in [-0.2, -0.15) is 0 Å². The van der Waals surface area contributed by atoms with Gasteiger partial charge in [-0.25, -0.2) is 0 Å². The molecule has 0 N–H and O–H groups in total. The van der Waals surface area contributed by atoms with Crippen LogP contribution in [0.15, 0.2) is 0 Å². The summed E-state index contributed by atoms with van der Waals surface area (Å²) in [6, 6.07) is 0. The van der Waals surface area contributed by atoms with Gasteiger partial charge in [0.25, 0.3) is 0 Å². The molecule has 0 aliphatic heterocycles. The summed E-state index contributed by atoms with van der Waals surface area (Å²) in [7, 11) is 1.78. The number of fused-ring (bicyclic) bond motifs is 2. The molecule has 0 aromatic rings. The van der Waals surface area contributed by atoms with Crippen molar-refractivity contribution in [2.75, 3.05) is 20.3 Å². The van der Waals surface area contributed by atoms with Crippen LogP contribution in [-0.4, -0.2) is 26.3 Å². The van der Waals surface area contributed by atoms with E-state index in [0.717, 1.165) is 24.9 Å². The van der Waals surface area contributed by atoms with Gasteiger partial charge in [0.2, 0.25) is 0 Å². The van der Waals surface area contributed by atoms with Crippen LogP contribution in [0.2, 0.25) is 0 Å². The minimum atomic E-state index is -0.134. The average molecular weight is 254 g/mol. The van der Waals surface area contributed by atoms with Gasteiger partial charge in [-0.15, -0.1) is 0 Å². The molecule has 0 aromatic carbocycles. The Morgan fingerprint density at radius 3 is 2.94 bits per heavy atom. The lowest BCUT2D eigenvalue weighted by molar-refractivity contribution is -0.148. The summed E-state index contributed by atoms with van der Waals surface area (Å²) < 4.78 is 10.6. The second kappa shape index (κ2) is 6.05. The van der Waals surface area contributed by atoms with Gasteiger partial charge in [-0.1, -0.05) is 12.8 Å². The summed E-state index contributed by atoms with van der Waals surface area (Å²) in [6.45, 7) is 3.02. The molecule has 2 fully saturated rings. The molecular formula is C15H26O3. The smallest absolute Gasteiger partial charge is 0.302 e. The van der Waals surface area contributed by atoms with Crippen LogP contribution >= 0.6 is 0 Å². The molecule has 2 saturated carbocycles. The van der Waals surface area contributed by atoms with E-state index in [2.05, 4.69) is 0 Å². The zero-order chi connectivity index (χ0) is 13.0. The van der Waals surface area contributed by atoms with Crippen LogP contribution in [0.1, 0.15) is 51.9 Å². The van der Waals surface area contributed by atoms with E-state index in [-0.39, 0.29) is 11.4 Å². The predicted molar refractivity (Wildman–Crippen MR) is 70.2 cm³/mol. The van der Waals surface area contributed by atoms with Crippen LogP contribution in [0.3, 0.4) is 0 Å². The van der Waals surface area contributed by atoms with Gasteiger partial charge in [0.1, 0.15) is 0 Å². The number of esters is 1. The van der Waals surface area contributed by atoms with Crippen molar-refractivity contribution < 1.29 is 14.3 Å². The molecular weight excluding hydrogens is 228 g/mol. The SMILES string of the molecule is COCCC1CC2CCCC(COC(C)=O)(C2)C1. The molecule has 2 bridgehead atoms. The normalized spacial score (nSPS) is 35.2. The monoisotopic (exact) mass is 254 g/mol. The zero-order valence-corrected chi connectivity index (χ0v) is 11.7. The van der Waals surface area contributed by atoms with Crippen molar-refractivity contribution in [3.05, 3.63) is 0 Å². The van der Waals surface area contributed by atoms with E-state index in [1.807, 2.05) is 0 Å². The molecule has 3 unspecified atom stereocenters. The average Bonchev–Trinajstić information content (AvgIpc) is 2.34. The summed E-state index contributed by atoms with van der Waals surface area (Å²) in [4.78, 5) is 11.1. The molecule has 0 aromatic heterocycles. The quantitative estimate of drug-likeness (QED) is 0.707. The van der Waals surface area contributed by atoms with Gasteiger partial charge in [0, 0.05) is 26.1 Å². The highest BCUT2D eigenvalue weighted by Gasteiger charge is 2.43. The largest absolute Gasteiger partial charge is 0.465 e. The van der Waals surface area contributed by atoms with E-state index in [0.29, 0.717) is 6.61 Å². The lowest BCUT2D eigenvalue weighted by Gasteiger charge is -2.48. The Morgan fingerprint density at radius 1 is 1.39 bits per heavy atom. The number of carbonyl (C=O) groups is 1. The highest BCUT2D eigenvalue weighted by molar-refractivity contribution is 5.65. The Morgan fingerprint density at radius 2 is 2.22 bits per heavy atom. The number of methoxy groups -OCH3 is 1. The molecule has 0 spiro atoms. The molecule has 3 nitrogen and oxygen atoms in total. The van der Waals surface area contributed by atoms with E-state index in [1.54, 1.807) is 7.11 Å². The van der Waals surface area contributed by atoms with E-state index in [1.165, 1.54) is 45.4 Å². The maximum atomic E-state index is 11.1. The Bertz CT molecular complexity index is 289. The molecule has 18 heavy (non-hydrogen) atoms. The van der Waals surface area contributed by atoms with Gasteiger partial charge >= 0.3 is 5.97 Å². The second-order valence-electron chi connectivity index (χ2n) is 6.33. The van der Waals surface area contributed by atoms with Crippen molar-refractivity contribution in [3.8, 4) is 0 Å². The number of rotatable bonds is 5. The van der Waals surface area contributed by atoms with Crippen molar-refractivity contribution in [1.82, 2.24) is 0 Å². The summed E-state index contributed by atoms with van der Waals surface area (Å²) in [6.07, 6.45) is 8.92. The third kappa shape index (κ3) is 3.47. The molecule has 0 saturated heterocycles. The Balaban J connectivity index is 1.95. The lowest BCUT2D eigenvalue weighted by atomic mass is 9.59. The molecule has 3 heteroatoms. The van der Waals surface area contributed by atoms with Crippen LogP contribution in [0.5, 0.6) is 0 Å². The van der Waals surface area contributed by atoms with Crippen LogP contribution < -0.4 is 0 Å². The van der Waals surface area contributed by atoms with Crippen LogP contribution in [0.25, 0.3) is 0 Å². The van der Waals surface area contributed by atoms with Crippen molar-refractivity contribution in [2.24, 2.45) is 17.3 Å². The minimum Gasteiger partial charge on any atom is -0.465 e. The summed E-state index contributed by atoms with van der Waals surface area (Å²) >= 11 is 0. The first kappa shape index (κ1) is 13.9. The standard InChI is InChI=1S/C15H26O3/c1-12(16)18-11-15-6-3-4-13(9-15)8-14(10-15)5-7-17-2/h13-14H,3-11H2,1-2H3. The molecule has 2 rings (SSSR count). The zero-order valence-electron chi connectivity index (χ0n) is 11.7. The number of ether oxygens (including phenoxy) is 2. The van der Waals surface area contributed by atoms with Crippen LogP contribution in [0.4, 0.5) is 0 Å².